The first kappa shape index (κ1) is 15.3. The summed E-state index contributed by atoms with van der Waals surface area (Å²) in [7, 11) is 1.86. The van der Waals surface area contributed by atoms with E-state index < -0.39 is 6.04 Å². The van der Waals surface area contributed by atoms with Gasteiger partial charge in [0.25, 0.3) is 0 Å². The van der Waals surface area contributed by atoms with Gasteiger partial charge < -0.3 is 15.5 Å². The normalized spacial score (nSPS) is 22.5. The highest BCUT2D eigenvalue weighted by Gasteiger charge is 2.29. The van der Waals surface area contributed by atoms with Crippen LogP contribution >= 0.6 is 0 Å². The Morgan fingerprint density at radius 1 is 1.15 bits per heavy atom. The van der Waals surface area contributed by atoms with Crippen molar-refractivity contribution in [1.82, 2.24) is 15.5 Å². The minimum atomic E-state index is -0.414. The Hall–Kier alpha value is -1.10. The van der Waals surface area contributed by atoms with Gasteiger partial charge in [0.15, 0.2) is 0 Å². The molecule has 1 saturated carbocycles. The maximum Gasteiger partial charge on any atom is 0.244 e. The van der Waals surface area contributed by atoms with E-state index in [1.807, 2.05) is 11.9 Å². The highest BCUT2D eigenvalue weighted by molar-refractivity contribution is 5.88. The topological polar surface area (TPSA) is 61.4 Å². The zero-order valence-corrected chi connectivity index (χ0v) is 12.7. The van der Waals surface area contributed by atoms with Crippen molar-refractivity contribution in [3.63, 3.8) is 0 Å². The lowest BCUT2D eigenvalue weighted by atomic mass is 10.0. The van der Waals surface area contributed by atoms with Crippen molar-refractivity contribution in [2.75, 3.05) is 20.1 Å². The number of nitrogens with zero attached hydrogens (tertiary/aromatic N) is 1. The minimum absolute atomic E-state index is 0.0308. The fourth-order valence-electron chi connectivity index (χ4n) is 3.26. The molecule has 5 nitrogen and oxygen atoms in total. The van der Waals surface area contributed by atoms with Gasteiger partial charge in [0.05, 0.1) is 0 Å². The smallest absolute Gasteiger partial charge is 0.244 e. The number of carbonyl (C=O) groups excluding carboxylic acids is 2. The van der Waals surface area contributed by atoms with Gasteiger partial charge in [-0.15, -0.1) is 0 Å². The van der Waals surface area contributed by atoms with Crippen molar-refractivity contribution in [2.24, 2.45) is 5.92 Å². The van der Waals surface area contributed by atoms with E-state index in [0.717, 1.165) is 51.6 Å². The van der Waals surface area contributed by atoms with Crippen LogP contribution in [0.4, 0.5) is 0 Å². The maximum atomic E-state index is 12.4. The van der Waals surface area contributed by atoms with Crippen LogP contribution in [0.15, 0.2) is 0 Å². The molecule has 114 valence electrons. The summed E-state index contributed by atoms with van der Waals surface area (Å²) < 4.78 is 0. The molecule has 0 aromatic rings. The molecule has 2 N–H and O–H groups in total. The Bertz CT molecular complexity index is 347. The highest BCUT2D eigenvalue weighted by atomic mass is 16.2. The molecule has 1 atom stereocenters. The number of piperidine rings is 1. The second-order valence-electron chi connectivity index (χ2n) is 6.14. The summed E-state index contributed by atoms with van der Waals surface area (Å²) >= 11 is 0. The first-order chi connectivity index (χ1) is 9.59. The van der Waals surface area contributed by atoms with E-state index >= 15 is 0 Å². The molecule has 20 heavy (non-hydrogen) atoms. The Morgan fingerprint density at radius 2 is 1.75 bits per heavy atom. The molecular weight excluding hydrogens is 254 g/mol. The molecule has 2 rings (SSSR count). The SMILES string of the molecule is CC(NC(=O)C1CCCC1)C(=O)N(C)C1CCNCC1. The number of rotatable bonds is 4. The zero-order chi connectivity index (χ0) is 14.5. The summed E-state index contributed by atoms with van der Waals surface area (Å²) in [4.78, 5) is 26.3. The molecule has 0 bridgehead atoms. The summed E-state index contributed by atoms with van der Waals surface area (Å²) in [6.07, 6.45) is 6.19. The van der Waals surface area contributed by atoms with Gasteiger partial charge in [-0.25, -0.2) is 0 Å². The molecule has 1 heterocycles. The Balaban J connectivity index is 1.82. The molecule has 0 spiro atoms. The maximum absolute atomic E-state index is 12.4. The number of hydrogen-bond donors (Lipinski definition) is 2. The second kappa shape index (κ2) is 7.07. The van der Waals surface area contributed by atoms with Crippen LogP contribution in [0.1, 0.15) is 45.4 Å². The molecule has 2 amide bonds. The largest absolute Gasteiger partial charge is 0.344 e. The number of likely N-dealkylation sites (N-methyl/N-ethyl adjacent to an activating group) is 1. The zero-order valence-electron chi connectivity index (χ0n) is 12.7. The van der Waals surface area contributed by atoms with Gasteiger partial charge in [-0.2, -0.15) is 0 Å². The van der Waals surface area contributed by atoms with Crippen molar-refractivity contribution >= 4 is 11.8 Å². The average molecular weight is 281 g/mol. The third-order valence-electron chi connectivity index (χ3n) is 4.66. The first-order valence-corrected chi connectivity index (χ1v) is 7.87. The molecule has 2 fully saturated rings. The third kappa shape index (κ3) is 3.72. The van der Waals surface area contributed by atoms with Gasteiger partial charge in [-0.3, -0.25) is 9.59 Å². The molecule has 1 unspecified atom stereocenters. The molecule has 2 aliphatic rings. The van der Waals surface area contributed by atoms with Crippen molar-refractivity contribution in [3.8, 4) is 0 Å². The van der Waals surface area contributed by atoms with Crippen LogP contribution in [0, 0.1) is 5.92 Å². The molecular formula is C15H27N3O2. The standard InChI is InChI=1S/C15H27N3O2/c1-11(17-14(19)12-5-3-4-6-12)15(20)18(2)13-7-9-16-10-8-13/h11-13,16H,3-10H2,1-2H3,(H,17,19). The quantitative estimate of drug-likeness (QED) is 0.804. The number of amides is 2. The summed E-state index contributed by atoms with van der Waals surface area (Å²) in [6.45, 7) is 3.73. The van der Waals surface area contributed by atoms with Crippen molar-refractivity contribution < 1.29 is 9.59 Å². The second-order valence-corrected chi connectivity index (χ2v) is 6.14. The molecule has 1 saturated heterocycles. The van der Waals surface area contributed by atoms with Gasteiger partial charge in [0, 0.05) is 19.0 Å². The van der Waals surface area contributed by atoms with Gasteiger partial charge in [0.1, 0.15) is 6.04 Å². The summed E-state index contributed by atoms with van der Waals surface area (Å²) in [5.41, 5.74) is 0. The van der Waals surface area contributed by atoms with E-state index in [9.17, 15) is 9.59 Å². The molecule has 5 heteroatoms. The predicted octanol–water partition coefficient (Wildman–Crippen LogP) is 0.892. The van der Waals surface area contributed by atoms with E-state index in [1.54, 1.807) is 6.92 Å². The van der Waals surface area contributed by atoms with Crippen LogP contribution in [0.25, 0.3) is 0 Å². The molecule has 1 aliphatic heterocycles. The summed E-state index contributed by atoms with van der Waals surface area (Å²) in [5.74, 6) is 0.208. The Kier molecular flexibility index (Phi) is 5.40. The van der Waals surface area contributed by atoms with E-state index in [0.29, 0.717) is 6.04 Å². The van der Waals surface area contributed by atoms with Gasteiger partial charge in [0.2, 0.25) is 11.8 Å². The minimum Gasteiger partial charge on any atom is -0.344 e. The monoisotopic (exact) mass is 281 g/mol. The van der Waals surface area contributed by atoms with Gasteiger partial charge in [-0.05, 0) is 45.7 Å². The van der Waals surface area contributed by atoms with Crippen molar-refractivity contribution in [2.45, 2.75) is 57.5 Å². The lowest BCUT2D eigenvalue weighted by Crippen LogP contribution is -2.52. The van der Waals surface area contributed by atoms with Gasteiger partial charge >= 0.3 is 0 Å². The van der Waals surface area contributed by atoms with Crippen LogP contribution < -0.4 is 10.6 Å². The average Bonchev–Trinajstić information content (AvgIpc) is 3.01. The summed E-state index contributed by atoms with van der Waals surface area (Å²) in [5, 5.41) is 6.20. The molecule has 0 radical (unpaired) electrons. The fraction of sp³-hybridized carbons (Fsp3) is 0.867. The van der Waals surface area contributed by atoms with Crippen LogP contribution in [0.2, 0.25) is 0 Å². The number of nitrogens with one attached hydrogen (secondary N) is 2. The van der Waals surface area contributed by atoms with E-state index in [-0.39, 0.29) is 17.7 Å². The Labute approximate surface area is 121 Å². The van der Waals surface area contributed by atoms with Gasteiger partial charge in [-0.1, -0.05) is 12.8 Å². The molecule has 1 aliphatic carbocycles. The number of carbonyl (C=O) groups is 2. The summed E-state index contributed by atoms with van der Waals surface area (Å²) in [6, 6.07) is -0.113. The first-order valence-electron chi connectivity index (χ1n) is 7.87. The van der Waals surface area contributed by atoms with Crippen LogP contribution in [0.3, 0.4) is 0 Å². The van der Waals surface area contributed by atoms with Crippen LogP contribution in [0.5, 0.6) is 0 Å². The van der Waals surface area contributed by atoms with Crippen LogP contribution in [-0.4, -0.2) is 48.9 Å². The van der Waals surface area contributed by atoms with E-state index in [2.05, 4.69) is 10.6 Å². The lowest BCUT2D eigenvalue weighted by Gasteiger charge is -2.33. The molecule has 0 aromatic carbocycles. The fourth-order valence-corrected chi connectivity index (χ4v) is 3.26. The lowest BCUT2D eigenvalue weighted by molar-refractivity contribution is -0.137. The molecule has 0 aromatic heterocycles. The van der Waals surface area contributed by atoms with E-state index in [4.69, 9.17) is 0 Å². The predicted molar refractivity (Wildman–Crippen MR) is 78.2 cm³/mol. The Morgan fingerprint density at radius 3 is 2.35 bits per heavy atom. The number of hydrogen-bond acceptors (Lipinski definition) is 3. The van der Waals surface area contributed by atoms with Crippen LogP contribution in [-0.2, 0) is 9.59 Å². The van der Waals surface area contributed by atoms with Crippen molar-refractivity contribution in [1.29, 1.82) is 0 Å². The highest BCUT2D eigenvalue weighted by Crippen LogP contribution is 2.24. The van der Waals surface area contributed by atoms with E-state index in [1.165, 1.54) is 0 Å². The van der Waals surface area contributed by atoms with Crippen molar-refractivity contribution in [3.05, 3.63) is 0 Å². The third-order valence-corrected chi connectivity index (χ3v) is 4.66.